The van der Waals surface area contributed by atoms with Crippen molar-refractivity contribution in [1.29, 1.82) is 0 Å². The second-order valence-corrected chi connectivity index (χ2v) is 7.49. The van der Waals surface area contributed by atoms with Crippen LogP contribution in [0.25, 0.3) is 0 Å². The summed E-state index contributed by atoms with van der Waals surface area (Å²) in [6, 6.07) is 23.1. The number of thiocarbonyl (C=S) groups is 1. The molecule has 1 unspecified atom stereocenters. The Balaban J connectivity index is 1.63. The van der Waals surface area contributed by atoms with E-state index in [2.05, 4.69) is 41.9 Å². The van der Waals surface area contributed by atoms with Gasteiger partial charge in [0.05, 0.1) is 6.04 Å². The van der Waals surface area contributed by atoms with Crippen LogP contribution < -0.4 is 16.0 Å². The number of hydrogen-bond donors (Lipinski definition) is 3. The van der Waals surface area contributed by atoms with Crippen LogP contribution in [0.2, 0.25) is 0 Å². The highest BCUT2D eigenvalue weighted by molar-refractivity contribution is 7.80. The first-order chi connectivity index (χ1) is 13.9. The van der Waals surface area contributed by atoms with Crippen LogP contribution in [0, 0.1) is 13.8 Å². The molecule has 0 fully saturated rings. The largest absolute Gasteiger partial charge is 0.356 e. The van der Waals surface area contributed by atoms with Crippen molar-refractivity contribution >= 4 is 34.6 Å². The average Bonchev–Trinajstić information content (AvgIpc) is 2.71. The van der Waals surface area contributed by atoms with Gasteiger partial charge in [-0.25, -0.2) is 0 Å². The Labute approximate surface area is 177 Å². The molecule has 3 aromatic rings. The van der Waals surface area contributed by atoms with Gasteiger partial charge in [0.25, 0.3) is 5.91 Å². The highest BCUT2D eigenvalue weighted by Crippen LogP contribution is 2.20. The Morgan fingerprint density at radius 3 is 2.38 bits per heavy atom. The summed E-state index contributed by atoms with van der Waals surface area (Å²) in [5.74, 6) is -0.129. The van der Waals surface area contributed by atoms with E-state index in [0.717, 1.165) is 22.5 Å². The van der Waals surface area contributed by atoms with Gasteiger partial charge in [0, 0.05) is 16.9 Å². The Morgan fingerprint density at radius 2 is 1.66 bits per heavy atom. The molecule has 0 heterocycles. The van der Waals surface area contributed by atoms with Crippen LogP contribution >= 0.6 is 12.2 Å². The lowest BCUT2D eigenvalue weighted by atomic mass is 10.1. The monoisotopic (exact) mass is 403 g/mol. The van der Waals surface area contributed by atoms with E-state index in [1.54, 1.807) is 12.1 Å². The first-order valence-electron chi connectivity index (χ1n) is 9.53. The second kappa shape index (κ2) is 9.34. The zero-order valence-corrected chi connectivity index (χ0v) is 17.6. The number of anilines is 2. The summed E-state index contributed by atoms with van der Waals surface area (Å²) in [7, 11) is 0. The third kappa shape index (κ3) is 5.65. The number of rotatable bonds is 5. The molecule has 0 spiro atoms. The highest BCUT2D eigenvalue weighted by atomic mass is 32.1. The summed E-state index contributed by atoms with van der Waals surface area (Å²) in [6.07, 6.45) is 0. The fourth-order valence-electron chi connectivity index (χ4n) is 3.07. The van der Waals surface area contributed by atoms with Gasteiger partial charge in [-0.3, -0.25) is 4.79 Å². The first kappa shape index (κ1) is 20.6. The molecule has 1 atom stereocenters. The third-order valence-corrected chi connectivity index (χ3v) is 4.88. The zero-order chi connectivity index (χ0) is 20.8. The van der Waals surface area contributed by atoms with E-state index in [1.165, 1.54) is 5.56 Å². The quantitative estimate of drug-likeness (QED) is 0.485. The zero-order valence-electron chi connectivity index (χ0n) is 16.8. The van der Waals surface area contributed by atoms with E-state index in [9.17, 15) is 4.79 Å². The van der Waals surface area contributed by atoms with E-state index < -0.39 is 0 Å². The SMILES string of the molecule is Cc1ccc(NC(=S)NC(C)c2cccc(NC(=O)c3ccccc3)c2)c(C)c1. The topological polar surface area (TPSA) is 53.2 Å². The van der Waals surface area contributed by atoms with Gasteiger partial charge in [-0.15, -0.1) is 0 Å². The number of hydrogen-bond acceptors (Lipinski definition) is 2. The third-order valence-electron chi connectivity index (χ3n) is 4.66. The van der Waals surface area contributed by atoms with E-state index in [0.29, 0.717) is 10.7 Å². The van der Waals surface area contributed by atoms with Crippen molar-refractivity contribution in [2.24, 2.45) is 0 Å². The molecule has 0 aliphatic carbocycles. The van der Waals surface area contributed by atoms with Gasteiger partial charge in [-0.05, 0) is 74.4 Å². The number of aryl methyl sites for hydroxylation is 2. The molecule has 0 aliphatic rings. The van der Waals surface area contributed by atoms with Crippen molar-refractivity contribution in [3.05, 3.63) is 95.1 Å². The molecular weight excluding hydrogens is 378 g/mol. The molecule has 3 rings (SSSR count). The highest BCUT2D eigenvalue weighted by Gasteiger charge is 2.10. The molecular formula is C24H25N3OS. The van der Waals surface area contributed by atoms with Crippen molar-refractivity contribution in [2.75, 3.05) is 10.6 Å². The minimum absolute atomic E-state index is 0.0191. The smallest absolute Gasteiger partial charge is 0.255 e. The van der Waals surface area contributed by atoms with Crippen LogP contribution in [0.1, 0.15) is 40.0 Å². The Morgan fingerprint density at radius 1 is 0.897 bits per heavy atom. The van der Waals surface area contributed by atoms with Gasteiger partial charge in [0.15, 0.2) is 5.11 Å². The van der Waals surface area contributed by atoms with Gasteiger partial charge >= 0.3 is 0 Å². The lowest BCUT2D eigenvalue weighted by molar-refractivity contribution is 0.102. The maximum absolute atomic E-state index is 12.4. The van der Waals surface area contributed by atoms with Crippen LogP contribution in [0.15, 0.2) is 72.8 Å². The normalized spacial score (nSPS) is 11.4. The molecule has 0 saturated carbocycles. The molecule has 1 amide bonds. The van der Waals surface area contributed by atoms with Crippen molar-refractivity contribution in [1.82, 2.24) is 5.32 Å². The lowest BCUT2D eigenvalue weighted by Gasteiger charge is -2.19. The van der Waals surface area contributed by atoms with E-state index in [-0.39, 0.29) is 11.9 Å². The van der Waals surface area contributed by atoms with Crippen molar-refractivity contribution in [3.8, 4) is 0 Å². The summed E-state index contributed by atoms with van der Waals surface area (Å²) in [4.78, 5) is 12.4. The molecule has 0 bridgehead atoms. The minimum atomic E-state index is -0.129. The number of amides is 1. The molecule has 0 radical (unpaired) electrons. The Hall–Kier alpha value is -3.18. The Kier molecular flexibility index (Phi) is 6.62. The van der Waals surface area contributed by atoms with Crippen LogP contribution in [0.4, 0.5) is 11.4 Å². The molecule has 0 saturated heterocycles. The van der Waals surface area contributed by atoms with E-state index >= 15 is 0 Å². The van der Waals surface area contributed by atoms with E-state index in [1.807, 2.05) is 55.5 Å². The molecule has 148 valence electrons. The van der Waals surface area contributed by atoms with Gasteiger partial charge in [0.1, 0.15) is 0 Å². The minimum Gasteiger partial charge on any atom is -0.356 e. The summed E-state index contributed by atoms with van der Waals surface area (Å²) < 4.78 is 0. The lowest BCUT2D eigenvalue weighted by Crippen LogP contribution is -2.31. The predicted molar refractivity (Wildman–Crippen MR) is 125 cm³/mol. The maximum Gasteiger partial charge on any atom is 0.255 e. The van der Waals surface area contributed by atoms with E-state index in [4.69, 9.17) is 12.2 Å². The summed E-state index contributed by atoms with van der Waals surface area (Å²) in [6.45, 7) is 6.16. The number of carbonyl (C=O) groups is 1. The average molecular weight is 404 g/mol. The van der Waals surface area contributed by atoms with Gasteiger partial charge in [-0.2, -0.15) is 0 Å². The second-order valence-electron chi connectivity index (χ2n) is 7.08. The number of carbonyl (C=O) groups excluding carboxylic acids is 1. The fraction of sp³-hybridized carbons (Fsp3) is 0.167. The maximum atomic E-state index is 12.4. The predicted octanol–water partition coefficient (Wildman–Crippen LogP) is 5.60. The molecule has 5 heteroatoms. The van der Waals surface area contributed by atoms with Crippen molar-refractivity contribution < 1.29 is 4.79 Å². The summed E-state index contributed by atoms with van der Waals surface area (Å²) >= 11 is 5.48. The molecule has 3 aromatic carbocycles. The van der Waals surface area contributed by atoms with Gasteiger partial charge in [0.2, 0.25) is 0 Å². The van der Waals surface area contributed by atoms with Crippen molar-refractivity contribution in [3.63, 3.8) is 0 Å². The van der Waals surface area contributed by atoms with Gasteiger partial charge < -0.3 is 16.0 Å². The number of benzene rings is 3. The molecule has 0 aromatic heterocycles. The summed E-state index contributed by atoms with van der Waals surface area (Å²) in [5.41, 5.74) is 5.76. The standard InChI is InChI=1S/C24H25N3OS/c1-16-12-13-22(17(2)14-16)27-24(29)25-18(3)20-10-7-11-21(15-20)26-23(28)19-8-5-4-6-9-19/h4-15,18H,1-3H3,(H,26,28)(H2,25,27,29). The first-order valence-corrected chi connectivity index (χ1v) is 9.94. The van der Waals surface area contributed by atoms with Crippen LogP contribution in [-0.4, -0.2) is 11.0 Å². The molecule has 0 aliphatic heterocycles. The molecule has 29 heavy (non-hydrogen) atoms. The van der Waals surface area contributed by atoms with Crippen LogP contribution in [0.5, 0.6) is 0 Å². The fourth-order valence-corrected chi connectivity index (χ4v) is 3.36. The van der Waals surface area contributed by atoms with Crippen LogP contribution in [-0.2, 0) is 0 Å². The van der Waals surface area contributed by atoms with Gasteiger partial charge in [-0.1, -0.05) is 48.0 Å². The summed E-state index contributed by atoms with van der Waals surface area (Å²) in [5, 5.41) is 10.1. The Bertz CT molecular complexity index is 1020. The molecule has 4 nitrogen and oxygen atoms in total. The number of nitrogens with one attached hydrogen (secondary N) is 3. The van der Waals surface area contributed by atoms with Crippen LogP contribution in [0.3, 0.4) is 0 Å². The molecule has 3 N–H and O–H groups in total. The van der Waals surface area contributed by atoms with Crippen molar-refractivity contribution in [2.45, 2.75) is 26.8 Å².